The van der Waals surface area contributed by atoms with Crippen molar-refractivity contribution in [2.24, 2.45) is 5.92 Å². The van der Waals surface area contributed by atoms with Crippen LogP contribution >= 0.6 is 0 Å². The van der Waals surface area contributed by atoms with Gasteiger partial charge in [0.05, 0.1) is 13.2 Å². The maximum Gasteiger partial charge on any atom is 0.244 e. The molecular formula is C14H21N3O3S. The van der Waals surface area contributed by atoms with Crippen LogP contribution in [0, 0.1) is 5.92 Å². The van der Waals surface area contributed by atoms with E-state index >= 15 is 0 Å². The highest BCUT2D eigenvalue weighted by Crippen LogP contribution is 2.32. The Morgan fingerprint density at radius 1 is 1.29 bits per heavy atom. The summed E-state index contributed by atoms with van der Waals surface area (Å²) < 4.78 is 31.5. The molecule has 1 aromatic heterocycles. The molecule has 1 saturated carbocycles. The molecule has 2 aliphatic rings. The first-order valence-electron chi connectivity index (χ1n) is 7.44. The van der Waals surface area contributed by atoms with Crippen LogP contribution in [-0.4, -0.2) is 50.6 Å². The van der Waals surface area contributed by atoms with Gasteiger partial charge in [-0.2, -0.15) is 4.31 Å². The van der Waals surface area contributed by atoms with Gasteiger partial charge in [-0.15, -0.1) is 0 Å². The molecule has 7 heteroatoms. The zero-order chi connectivity index (χ0) is 14.7. The van der Waals surface area contributed by atoms with Crippen LogP contribution in [0.15, 0.2) is 23.2 Å². The summed E-state index contributed by atoms with van der Waals surface area (Å²) in [6.45, 7) is 2.61. The van der Waals surface area contributed by atoms with Crippen molar-refractivity contribution in [3.8, 4) is 0 Å². The van der Waals surface area contributed by atoms with Crippen molar-refractivity contribution >= 4 is 15.8 Å². The zero-order valence-corrected chi connectivity index (χ0v) is 12.8. The van der Waals surface area contributed by atoms with Crippen LogP contribution in [0.4, 0.5) is 5.82 Å². The molecule has 0 bridgehead atoms. The third-order valence-corrected chi connectivity index (χ3v) is 5.78. The van der Waals surface area contributed by atoms with E-state index in [0.717, 1.165) is 24.7 Å². The number of hydrogen-bond acceptors (Lipinski definition) is 5. The van der Waals surface area contributed by atoms with Crippen LogP contribution in [0.25, 0.3) is 0 Å². The Morgan fingerprint density at radius 3 is 2.67 bits per heavy atom. The van der Waals surface area contributed by atoms with Crippen LogP contribution in [0.5, 0.6) is 0 Å². The molecule has 0 unspecified atom stereocenters. The summed E-state index contributed by atoms with van der Waals surface area (Å²) in [6.07, 6.45) is 5.28. The molecule has 2 fully saturated rings. The Bertz CT molecular complexity index is 564. The highest BCUT2D eigenvalue weighted by molar-refractivity contribution is 7.89. The predicted molar refractivity (Wildman–Crippen MR) is 79.6 cm³/mol. The van der Waals surface area contributed by atoms with Crippen LogP contribution in [0.2, 0.25) is 0 Å². The number of pyridine rings is 1. The maximum absolute atomic E-state index is 12.4. The van der Waals surface area contributed by atoms with Gasteiger partial charge in [0.2, 0.25) is 10.0 Å². The molecule has 1 N–H and O–H groups in total. The van der Waals surface area contributed by atoms with Gasteiger partial charge in [0.15, 0.2) is 0 Å². The first-order chi connectivity index (χ1) is 10.2. The van der Waals surface area contributed by atoms with Gasteiger partial charge >= 0.3 is 0 Å². The van der Waals surface area contributed by atoms with Crippen LogP contribution < -0.4 is 5.32 Å². The van der Waals surface area contributed by atoms with Gasteiger partial charge < -0.3 is 10.1 Å². The van der Waals surface area contributed by atoms with Gasteiger partial charge in [0.1, 0.15) is 10.7 Å². The number of aromatic nitrogens is 1. The average Bonchev–Trinajstić information content (AvgIpc) is 3.33. The van der Waals surface area contributed by atoms with Crippen LogP contribution in [0.1, 0.15) is 19.3 Å². The molecule has 0 amide bonds. The molecule has 2 heterocycles. The van der Waals surface area contributed by atoms with Crippen molar-refractivity contribution in [1.82, 2.24) is 9.29 Å². The molecule has 1 aliphatic carbocycles. The standard InChI is InChI=1S/C14H21N3O3S/c18-21(19,17-7-9-20-10-8-17)13-3-4-14(16-11-13)15-6-5-12-1-2-12/h3-4,11-12H,1-2,5-10H2,(H,15,16). The molecule has 0 aromatic carbocycles. The maximum atomic E-state index is 12.4. The predicted octanol–water partition coefficient (Wildman–Crippen LogP) is 1.31. The van der Waals surface area contributed by atoms with E-state index in [4.69, 9.17) is 4.74 Å². The molecule has 6 nitrogen and oxygen atoms in total. The smallest absolute Gasteiger partial charge is 0.244 e. The number of ether oxygens (including phenoxy) is 1. The van der Waals surface area contributed by atoms with E-state index < -0.39 is 10.0 Å². The number of sulfonamides is 1. The second-order valence-electron chi connectivity index (χ2n) is 5.55. The van der Waals surface area contributed by atoms with Gasteiger partial charge in [-0.05, 0) is 24.5 Å². The summed E-state index contributed by atoms with van der Waals surface area (Å²) in [5.74, 6) is 1.61. The molecule has 3 rings (SSSR count). The normalized spacial score (nSPS) is 20.4. The van der Waals surface area contributed by atoms with Gasteiger partial charge in [0.25, 0.3) is 0 Å². The van der Waals surface area contributed by atoms with Crippen LogP contribution in [-0.2, 0) is 14.8 Å². The number of rotatable bonds is 6. The lowest BCUT2D eigenvalue weighted by atomic mass is 10.3. The third-order valence-electron chi connectivity index (χ3n) is 3.90. The summed E-state index contributed by atoms with van der Waals surface area (Å²) >= 11 is 0. The Hall–Kier alpha value is -1.18. The average molecular weight is 311 g/mol. The fourth-order valence-electron chi connectivity index (χ4n) is 2.38. The van der Waals surface area contributed by atoms with E-state index in [2.05, 4.69) is 10.3 Å². The van der Waals surface area contributed by atoms with E-state index in [-0.39, 0.29) is 4.90 Å². The van der Waals surface area contributed by atoms with Gasteiger partial charge in [-0.25, -0.2) is 13.4 Å². The molecular weight excluding hydrogens is 290 g/mol. The SMILES string of the molecule is O=S(=O)(c1ccc(NCCC2CC2)nc1)N1CCOCC1. The topological polar surface area (TPSA) is 71.5 Å². The second-order valence-corrected chi connectivity index (χ2v) is 7.49. The van der Waals surface area contributed by atoms with E-state index in [0.29, 0.717) is 26.3 Å². The first-order valence-corrected chi connectivity index (χ1v) is 8.88. The van der Waals surface area contributed by atoms with Crippen molar-refractivity contribution < 1.29 is 13.2 Å². The minimum Gasteiger partial charge on any atom is -0.379 e. The van der Waals surface area contributed by atoms with Crippen LogP contribution in [0.3, 0.4) is 0 Å². The van der Waals surface area contributed by atoms with Crippen molar-refractivity contribution in [2.75, 3.05) is 38.2 Å². The first kappa shape index (κ1) is 14.7. The van der Waals surface area contributed by atoms with E-state index in [1.54, 1.807) is 12.1 Å². The minimum atomic E-state index is -3.44. The van der Waals surface area contributed by atoms with Crippen molar-refractivity contribution in [2.45, 2.75) is 24.2 Å². The number of morpholine rings is 1. The van der Waals surface area contributed by atoms with Crippen molar-refractivity contribution in [3.05, 3.63) is 18.3 Å². The largest absolute Gasteiger partial charge is 0.379 e. The van der Waals surface area contributed by atoms with Crippen molar-refractivity contribution in [1.29, 1.82) is 0 Å². The number of nitrogens with zero attached hydrogens (tertiary/aromatic N) is 2. The fourth-order valence-corrected chi connectivity index (χ4v) is 3.74. The second kappa shape index (κ2) is 6.29. The highest BCUT2D eigenvalue weighted by Gasteiger charge is 2.26. The quantitative estimate of drug-likeness (QED) is 0.858. The van der Waals surface area contributed by atoms with E-state index in [1.165, 1.54) is 23.3 Å². The van der Waals surface area contributed by atoms with E-state index in [1.807, 2.05) is 0 Å². The molecule has 116 valence electrons. The Morgan fingerprint density at radius 2 is 2.05 bits per heavy atom. The number of hydrogen-bond donors (Lipinski definition) is 1. The molecule has 0 atom stereocenters. The third kappa shape index (κ3) is 3.72. The minimum absolute atomic E-state index is 0.247. The lowest BCUT2D eigenvalue weighted by Crippen LogP contribution is -2.40. The molecule has 1 aromatic rings. The Balaban J connectivity index is 1.61. The number of anilines is 1. The molecule has 21 heavy (non-hydrogen) atoms. The lowest BCUT2D eigenvalue weighted by molar-refractivity contribution is 0.0730. The zero-order valence-electron chi connectivity index (χ0n) is 12.0. The fraction of sp³-hybridized carbons (Fsp3) is 0.643. The summed E-state index contributed by atoms with van der Waals surface area (Å²) in [5, 5.41) is 3.23. The summed E-state index contributed by atoms with van der Waals surface area (Å²) in [6, 6.07) is 3.36. The summed E-state index contributed by atoms with van der Waals surface area (Å²) in [7, 11) is -3.44. The molecule has 1 saturated heterocycles. The summed E-state index contributed by atoms with van der Waals surface area (Å²) in [4.78, 5) is 4.46. The van der Waals surface area contributed by atoms with Crippen molar-refractivity contribution in [3.63, 3.8) is 0 Å². The number of nitrogens with one attached hydrogen (secondary N) is 1. The lowest BCUT2D eigenvalue weighted by Gasteiger charge is -2.25. The molecule has 1 aliphatic heterocycles. The van der Waals surface area contributed by atoms with Gasteiger partial charge in [-0.3, -0.25) is 0 Å². The molecule has 0 spiro atoms. The van der Waals surface area contributed by atoms with E-state index in [9.17, 15) is 8.42 Å². The Kier molecular flexibility index (Phi) is 4.42. The highest BCUT2D eigenvalue weighted by atomic mass is 32.2. The van der Waals surface area contributed by atoms with Gasteiger partial charge in [0, 0.05) is 25.8 Å². The van der Waals surface area contributed by atoms with Gasteiger partial charge in [-0.1, -0.05) is 12.8 Å². The summed E-state index contributed by atoms with van der Waals surface area (Å²) in [5.41, 5.74) is 0. The molecule has 0 radical (unpaired) electrons. The Labute approximate surface area is 125 Å². The monoisotopic (exact) mass is 311 g/mol.